The zero-order valence-corrected chi connectivity index (χ0v) is 18.5. The number of ketones is 1. The van der Waals surface area contributed by atoms with Gasteiger partial charge in [0.2, 0.25) is 0 Å². The highest BCUT2D eigenvalue weighted by molar-refractivity contribution is 5.98. The second-order valence-electron chi connectivity index (χ2n) is 8.59. The van der Waals surface area contributed by atoms with Gasteiger partial charge in [0, 0.05) is 30.1 Å². The molecule has 0 bridgehead atoms. The maximum Gasteiger partial charge on any atom is 0.290 e. The molecule has 0 saturated carbocycles. The number of hydrogen-bond acceptors (Lipinski definition) is 3. The number of rotatable bonds is 6. The fraction of sp³-hybridized carbons (Fsp3) is 0.172. The minimum Gasteiger partial charge on any atom is -0.456 e. The van der Waals surface area contributed by atoms with E-state index in [4.69, 9.17) is 4.74 Å². The lowest BCUT2D eigenvalue weighted by Gasteiger charge is -2.23. The molecule has 0 saturated heterocycles. The van der Waals surface area contributed by atoms with Crippen molar-refractivity contribution in [2.24, 2.45) is 0 Å². The van der Waals surface area contributed by atoms with Crippen molar-refractivity contribution in [3.05, 3.63) is 130 Å². The van der Waals surface area contributed by atoms with E-state index in [9.17, 15) is 9.59 Å². The first-order valence-corrected chi connectivity index (χ1v) is 11.2. The summed E-state index contributed by atoms with van der Waals surface area (Å²) in [7, 11) is 0. The summed E-state index contributed by atoms with van der Waals surface area (Å²) in [5, 5.41) is 0. The van der Waals surface area contributed by atoms with Crippen LogP contribution in [0.1, 0.15) is 39.4 Å². The van der Waals surface area contributed by atoms with Crippen LogP contribution in [-0.4, -0.2) is 23.1 Å². The fourth-order valence-corrected chi connectivity index (χ4v) is 4.41. The lowest BCUT2D eigenvalue weighted by atomic mass is 9.87. The monoisotopic (exact) mass is 435 g/mol. The van der Waals surface area contributed by atoms with Gasteiger partial charge in [-0.2, -0.15) is 0 Å². The number of allylic oxidation sites excluding steroid dienone is 2. The minimum atomic E-state index is -0.122. The zero-order chi connectivity index (χ0) is 22.8. The SMILES string of the molecule is Cc1ccc([C@H]2C=C(CC(=O)c3ccccc3)OC3=C2CN(Cc2ccccc2)C3=O)cc1. The molecule has 1 amide bonds. The molecule has 4 nitrogen and oxygen atoms in total. The summed E-state index contributed by atoms with van der Waals surface area (Å²) >= 11 is 0. The van der Waals surface area contributed by atoms with E-state index in [1.807, 2.05) is 59.5 Å². The molecular formula is C29H25NO3. The molecule has 33 heavy (non-hydrogen) atoms. The van der Waals surface area contributed by atoms with Crippen molar-refractivity contribution in [2.75, 3.05) is 6.54 Å². The third kappa shape index (κ3) is 4.37. The van der Waals surface area contributed by atoms with Crippen LogP contribution in [0.3, 0.4) is 0 Å². The van der Waals surface area contributed by atoms with E-state index in [0.717, 1.165) is 16.7 Å². The Morgan fingerprint density at radius 2 is 1.61 bits per heavy atom. The Morgan fingerprint density at radius 3 is 2.30 bits per heavy atom. The van der Waals surface area contributed by atoms with Gasteiger partial charge in [0.05, 0.1) is 6.42 Å². The quantitative estimate of drug-likeness (QED) is 0.476. The molecule has 0 spiro atoms. The van der Waals surface area contributed by atoms with Crippen molar-refractivity contribution in [2.45, 2.75) is 25.8 Å². The van der Waals surface area contributed by atoms with E-state index in [2.05, 4.69) is 31.2 Å². The Kier molecular flexibility index (Phi) is 5.66. The van der Waals surface area contributed by atoms with Crippen LogP contribution in [-0.2, 0) is 16.1 Å². The Hall–Kier alpha value is -3.92. The Bertz CT molecular complexity index is 1240. The number of carbonyl (C=O) groups is 2. The maximum atomic E-state index is 13.3. The van der Waals surface area contributed by atoms with Gasteiger partial charge >= 0.3 is 0 Å². The van der Waals surface area contributed by atoms with Crippen LogP contribution >= 0.6 is 0 Å². The van der Waals surface area contributed by atoms with Gasteiger partial charge in [-0.1, -0.05) is 90.5 Å². The molecule has 4 heteroatoms. The molecule has 0 aliphatic carbocycles. The van der Waals surface area contributed by atoms with Crippen LogP contribution in [0.15, 0.2) is 108 Å². The zero-order valence-electron chi connectivity index (χ0n) is 18.5. The van der Waals surface area contributed by atoms with Gasteiger partial charge in [-0.3, -0.25) is 9.59 Å². The van der Waals surface area contributed by atoms with Crippen LogP contribution in [0.25, 0.3) is 0 Å². The Labute approximate surface area is 193 Å². The largest absolute Gasteiger partial charge is 0.456 e. The number of carbonyl (C=O) groups excluding carboxylic acids is 2. The number of benzene rings is 3. The molecular weight excluding hydrogens is 410 g/mol. The van der Waals surface area contributed by atoms with Gasteiger partial charge in [0.15, 0.2) is 11.5 Å². The van der Waals surface area contributed by atoms with Crippen molar-refractivity contribution in [1.82, 2.24) is 4.90 Å². The molecule has 2 aliphatic heterocycles. The highest BCUT2D eigenvalue weighted by atomic mass is 16.5. The van der Waals surface area contributed by atoms with Crippen LogP contribution in [0.5, 0.6) is 0 Å². The third-order valence-electron chi connectivity index (χ3n) is 6.18. The number of amides is 1. The van der Waals surface area contributed by atoms with Crippen molar-refractivity contribution in [3.8, 4) is 0 Å². The highest BCUT2D eigenvalue weighted by Crippen LogP contribution is 2.40. The van der Waals surface area contributed by atoms with Gasteiger partial charge in [-0.25, -0.2) is 0 Å². The normalized spacial score (nSPS) is 17.5. The Balaban J connectivity index is 1.44. The van der Waals surface area contributed by atoms with Crippen LogP contribution in [0.2, 0.25) is 0 Å². The molecule has 164 valence electrons. The number of ether oxygens (including phenoxy) is 1. The Morgan fingerprint density at radius 1 is 0.939 bits per heavy atom. The summed E-state index contributed by atoms with van der Waals surface area (Å²) in [5.41, 5.74) is 4.94. The average molecular weight is 436 g/mol. The second-order valence-corrected chi connectivity index (χ2v) is 8.59. The molecule has 0 N–H and O–H groups in total. The van der Waals surface area contributed by atoms with Crippen molar-refractivity contribution in [1.29, 1.82) is 0 Å². The molecule has 0 radical (unpaired) electrons. The molecule has 1 atom stereocenters. The predicted molar refractivity (Wildman–Crippen MR) is 127 cm³/mol. The average Bonchev–Trinajstić information content (AvgIpc) is 3.15. The van der Waals surface area contributed by atoms with Gasteiger partial charge in [-0.05, 0) is 24.1 Å². The fourth-order valence-electron chi connectivity index (χ4n) is 4.41. The van der Waals surface area contributed by atoms with Gasteiger partial charge in [0.25, 0.3) is 5.91 Å². The molecule has 0 fully saturated rings. The minimum absolute atomic E-state index is 0.0276. The summed E-state index contributed by atoms with van der Waals surface area (Å²) < 4.78 is 6.09. The first-order valence-electron chi connectivity index (χ1n) is 11.2. The molecule has 3 aromatic rings. The van der Waals surface area contributed by atoms with Crippen molar-refractivity contribution in [3.63, 3.8) is 0 Å². The van der Waals surface area contributed by atoms with Crippen LogP contribution in [0.4, 0.5) is 0 Å². The lowest BCUT2D eigenvalue weighted by molar-refractivity contribution is -0.128. The molecule has 3 aromatic carbocycles. The van der Waals surface area contributed by atoms with E-state index in [1.165, 1.54) is 5.56 Å². The predicted octanol–water partition coefficient (Wildman–Crippen LogP) is 5.56. The summed E-state index contributed by atoms with van der Waals surface area (Å²) in [6.07, 6.45) is 2.12. The van der Waals surface area contributed by atoms with E-state index in [0.29, 0.717) is 30.2 Å². The van der Waals surface area contributed by atoms with Gasteiger partial charge in [0.1, 0.15) is 5.76 Å². The standard InChI is InChI=1S/C29H25NO3/c1-20-12-14-22(15-13-20)25-16-24(17-27(31)23-10-6-3-7-11-23)33-28-26(25)19-30(29(28)32)18-21-8-4-2-5-9-21/h2-16,25H,17-19H2,1H3/t25-/m1/s1. The van der Waals surface area contributed by atoms with Crippen LogP contribution in [0, 0.1) is 6.92 Å². The molecule has 5 rings (SSSR count). The lowest BCUT2D eigenvalue weighted by Crippen LogP contribution is -2.27. The van der Waals surface area contributed by atoms with E-state index in [-0.39, 0.29) is 24.0 Å². The smallest absolute Gasteiger partial charge is 0.290 e. The first kappa shape index (κ1) is 21.0. The van der Waals surface area contributed by atoms with E-state index >= 15 is 0 Å². The molecule has 0 unspecified atom stereocenters. The summed E-state index contributed by atoms with van der Waals surface area (Å²) in [4.78, 5) is 28.0. The van der Waals surface area contributed by atoms with E-state index in [1.54, 1.807) is 12.1 Å². The first-order chi connectivity index (χ1) is 16.1. The highest BCUT2D eigenvalue weighted by Gasteiger charge is 2.39. The van der Waals surface area contributed by atoms with E-state index < -0.39 is 0 Å². The van der Waals surface area contributed by atoms with Gasteiger partial charge in [-0.15, -0.1) is 0 Å². The van der Waals surface area contributed by atoms with Crippen LogP contribution < -0.4 is 0 Å². The molecule has 2 aliphatic rings. The summed E-state index contributed by atoms with van der Waals surface area (Å²) in [6.45, 7) is 3.09. The maximum absolute atomic E-state index is 13.3. The second kappa shape index (κ2) is 8.91. The summed E-state index contributed by atoms with van der Waals surface area (Å²) in [5.74, 6) is 0.652. The topological polar surface area (TPSA) is 46.6 Å². The number of hydrogen-bond donors (Lipinski definition) is 0. The van der Waals surface area contributed by atoms with Crippen molar-refractivity contribution >= 4 is 11.7 Å². The third-order valence-corrected chi connectivity index (χ3v) is 6.18. The number of nitrogens with zero attached hydrogens (tertiary/aromatic N) is 1. The number of Topliss-reactive ketones (excluding diaryl/α,β-unsaturated/α-hetero) is 1. The van der Waals surface area contributed by atoms with Crippen molar-refractivity contribution < 1.29 is 14.3 Å². The number of aryl methyl sites for hydroxylation is 1. The van der Waals surface area contributed by atoms with Gasteiger partial charge < -0.3 is 9.64 Å². The molecule has 2 heterocycles. The summed E-state index contributed by atoms with van der Waals surface area (Å²) in [6, 6.07) is 27.5. The molecule has 0 aromatic heterocycles.